The maximum atomic E-state index is 4.71. The number of benzene rings is 1. The summed E-state index contributed by atoms with van der Waals surface area (Å²) in [4.78, 5) is 0. The van der Waals surface area contributed by atoms with Crippen LogP contribution < -0.4 is 5.32 Å². The molecule has 1 fully saturated rings. The van der Waals surface area contributed by atoms with Crippen LogP contribution in [0.4, 0.5) is 0 Å². The van der Waals surface area contributed by atoms with E-state index >= 15 is 0 Å². The molecule has 1 N–H and O–H groups in total. The Balaban J connectivity index is 1.79. The fourth-order valence-corrected chi connectivity index (χ4v) is 3.11. The van der Waals surface area contributed by atoms with Gasteiger partial charge in [0.25, 0.3) is 0 Å². The number of nitrogens with zero attached hydrogens (tertiary/aromatic N) is 2. The first-order valence-corrected chi connectivity index (χ1v) is 7.36. The topological polar surface area (TPSA) is 29.9 Å². The van der Waals surface area contributed by atoms with Gasteiger partial charge in [-0.2, -0.15) is 5.10 Å². The van der Waals surface area contributed by atoms with E-state index < -0.39 is 0 Å². The van der Waals surface area contributed by atoms with E-state index in [0.717, 1.165) is 12.3 Å². The van der Waals surface area contributed by atoms with E-state index in [0.29, 0.717) is 6.04 Å². The van der Waals surface area contributed by atoms with Gasteiger partial charge in [-0.15, -0.1) is 0 Å². The van der Waals surface area contributed by atoms with Crippen molar-refractivity contribution in [1.82, 2.24) is 15.1 Å². The van der Waals surface area contributed by atoms with Crippen LogP contribution in [0.15, 0.2) is 24.3 Å². The fourth-order valence-electron chi connectivity index (χ4n) is 3.11. The number of nitrogens with one attached hydrogen (secondary N) is 1. The van der Waals surface area contributed by atoms with Gasteiger partial charge in [0.2, 0.25) is 0 Å². The lowest BCUT2D eigenvalue weighted by molar-refractivity contribution is 0.263. The second-order valence-corrected chi connectivity index (χ2v) is 5.81. The number of aromatic nitrogens is 2. The molecule has 3 nitrogen and oxygen atoms in total. The molecule has 0 spiro atoms. The van der Waals surface area contributed by atoms with Crippen molar-refractivity contribution in [1.29, 1.82) is 0 Å². The van der Waals surface area contributed by atoms with Crippen molar-refractivity contribution in [3.63, 3.8) is 0 Å². The first-order chi connectivity index (χ1) is 9.28. The lowest BCUT2D eigenvalue weighted by Gasteiger charge is -2.29. The number of para-hydroxylation sites is 1. The second-order valence-electron chi connectivity index (χ2n) is 5.81. The molecular weight excluding hydrogens is 234 g/mol. The van der Waals surface area contributed by atoms with Crippen LogP contribution in [0.1, 0.15) is 31.4 Å². The van der Waals surface area contributed by atoms with Gasteiger partial charge in [0, 0.05) is 24.9 Å². The van der Waals surface area contributed by atoms with Crippen LogP contribution in [0.2, 0.25) is 0 Å². The molecular formula is C16H23N3. The lowest BCUT2D eigenvalue weighted by atomic mass is 9.80. The lowest BCUT2D eigenvalue weighted by Crippen LogP contribution is -2.32. The monoisotopic (exact) mass is 257 g/mol. The minimum atomic E-state index is 0.559. The Morgan fingerprint density at radius 3 is 2.84 bits per heavy atom. The third-order valence-corrected chi connectivity index (χ3v) is 4.52. The highest BCUT2D eigenvalue weighted by Crippen LogP contribution is 2.31. The zero-order chi connectivity index (χ0) is 13.2. The molecule has 19 heavy (non-hydrogen) atoms. The van der Waals surface area contributed by atoms with Gasteiger partial charge in [0.15, 0.2) is 0 Å². The van der Waals surface area contributed by atoms with E-state index in [1.165, 1.54) is 42.3 Å². The van der Waals surface area contributed by atoms with Crippen LogP contribution in [-0.2, 0) is 13.5 Å². The zero-order valence-corrected chi connectivity index (χ0v) is 11.9. The Bertz CT molecular complexity index is 554. The van der Waals surface area contributed by atoms with Gasteiger partial charge in [-0.25, -0.2) is 0 Å². The molecule has 1 aliphatic rings. The van der Waals surface area contributed by atoms with Gasteiger partial charge in [0.05, 0.1) is 11.2 Å². The molecule has 0 saturated heterocycles. The van der Waals surface area contributed by atoms with E-state index in [1.54, 1.807) is 0 Å². The number of aryl methyl sites for hydroxylation is 1. The highest BCUT2D eigenvalue weighted by molar-refractivity contribution is 5.81. The summed E-state index contributed by atoms with van der Waals surface area (Å²) in [6, 6.07) is 9.08. The van der Waals surface area contributed by atoms with Crippen LogP contribution in [0.5, 0.6) is 0 Å². The number of likely N-dealkylation sites (N-methyl/N-ethyl adjacent to an activating group) is 1. The highest BCUT2D eigenvalue weighted by Gasteiger charge is 2.22. The van der Waals surface area contributed by atoms with Crippen molar-refractivity contribution in [2.75, 3.05) is 7.05 Å². The molecule has 1 aromatic carbocycles. The summed E-state index contributed by atoms with van der Waals surface area (Å²) in [5, 5.41) is 9.48. The molecule has 2 aromatic rings. The Morgan fingerprint density at radius 2 is 2.16 bits per heavy atom. The third-order valence-electron chi connectivity index (χ3n) is 4.52. The maximum Gasteiger partial charge on any atom is 0.0718 e. The number of fused-ring (bicyclic) bond motifs is 1. The summed E-state index contributed by atoms with van der Waals surface area (Å²) in [6.45, 7) is 0. The summed E-state index contributed by atoms with van der Waals surface area (Å²) in [7, 11) is 4.11. The maximum absolute atomic E-state index is 4.71. The standard InChI is InChI=1S/C16H23N3/c1-17-13(10-12-6-5-7-12)11-15-14-8-3-4-9-16(14)19(2)18-15/h3-4,8-9,12-13,17H,5-7,10-11H2,1-2H3. The van der Waals surface area contributed by atoms with Crippen molar-refractivity contribution >= 4 is 10.9 Å². The molecule has 1 aliphatic carbocycles. The molecule has 0 bridgehead atoms. The molecule has 0 amide bonds. The van der Waals surface area contributed by atoms with Crippen LogP contribution in [-0.4, -0.2) is 22.9 Å². The average Bonchev–Trinajstić information content (AvgIpc) is 2.70. The molecule has 0 radical (unpaired) electrons. The Labute approximate surface area is 115 Å². The summed E-state index contributed by atoms with van der Waals surface area (Å²) in [6.07, 6.45) is 6.59. The third kappa shape index (κ3) is 2.52. The first-order valence-electron chi connectivity index (χ1n) is 7.36. The van der Waals surface area contributed by atoms with Gasteiger partial charge in [0.1, 0.15) is 0 Å². The van der Waals surface area contributed by atoms with Crippen molar-refractivity contribution in [3.05, 3.63) is 30.0 Å². The molecule has 0 aliphatic heterocycles. The molecule has 3 rings (SSSR count). The quantitative estimate of drug-likeness (QED) is 0.892. The molecule has 102 valence electrons. The summed E-state index contributed by atoms with van der Waals surface area (Å²) < 4.78 is 2.00. The normalized spacial score (nSPS) is 17.6. The minimum Gasteiger partial charge on any atom is -0.317 e. The smallest absolute Gasteiger partial charge is 0.0718 e. The predicted molar refractivity (Wildman–Crippen MR) is 79.2 cm³/mol. The highest BCUT2D eigenvalue weighted by atomic mass is 15.3. The van der Waals surface area contributed by atoms with E-state index in [-0.39, 0.29) is 0 Å². The number of rotatable bonds is 5. The van der Waals surface area contributed by atoms with E-state index in [9.17, 15) is 0 Å². The number of hydrogen-bond acceptors (Lipinski definition) is 2. The van der Waals surface area contributed by atoms with Gasteiger partial charge in [-0.05, 0) is 25.5 Å². The molecule has 1 aromatic heterocycles. The minimum absolute atomic E-state index is 0.559. The van der Waals surface area contributed by atoms with Crippen molar-refractivity contribution in [3.8, 4) is 0 Å². The fraction of sp³-hybridized carbons (Fsp3) is 0.562. The Morgan fingerprint density at radius 1 is 1.37 bits per heavy atom. The van der Waals surface area contributed by atoms with Crippen molar-refractivity contribution in [2.24, 2.45) is 13.0 Å². The van der Waals surface area contributed by atoms with Gasteiger partial charge >= 0.3 is 0 Å². The van der Waals surface area contributed by atoms with Gasteiger partial charge < -0.3 is 5.32 Å². The van der Waals surface area contributed by atoms with Crippen LogP contribution in [0.25, 0.3) is 10.9 Å². The second kappa shape index (κ2) is 5.33. The molecule has 1 saturated carbocycles. The predicted octanol–water partition coefficient (Wildman–Crippen LogP) is 2.89. The Hall–Kier alpha value is -1.35. The zero-order valence-electron chi connectivity index (χ0n) is 11.9. The van der Waals surface area contributed by atoms with E-state index in [2.05, 4.69) is 36.6 Å². The van der Waals surface area contributed by atoms with Gasteiger partial charge in [-0.3, -0.25) is 4.68 Å². The van der Waals surface area contributed by atoms with Crippen molar-refractivity contribution in [2.45, 2.75) is 38.1 Å². The first kappa shape index (κ1) is 12.7. The molecule has 1 unspecified atom stereocenters. The molecule has 3 heteroatoms. The van der Waals surface area contributed by atoms with E-state index in [1.807, 2.05) is 11.7 Å². The van der Waals surface area contributed by atoms with Gasteiger partial charge in [-0.1, -0.05) is 37.5 Å². The average molecular weight is 257 g/mol. The number of hydrogen-bond donors (Lipinski definition) is 1. The van der Waals surface area contributed by atoms with Crippen molar-refractivity contribution < 1.29 is 0 Å². The molecule has 1 atom stereocenters. The van der Waals surface area contributed by atoms with Crippen LogP contribution in [0.3, 0.4) is 0 Å². The summed E-state index contributed by atoms with van der Waals surface area (Å²) in [5.74, 6) is 0.937. The molecule has 1 heterocycles. The summed E-state index contributed by atoms with van der Waals surface area (Å²) >= 11 is 0. The Kier molecular flexibility index (Phi) is 3.56. The largest absolute Gasteiger partial charge is 0.317 e. The SMILES string of the molecule is CNC(Cc1nn(C)c2ccccc12)CC1CCC1. The van der Waals surface area contributed by atoms with Crippen LogP contribution >= 0.6 is 0 Å². The van der Waals surface area contributed by atoms with Crippen LogP contribution in [0, 0.1) is 5.92 Å². The van der Waals surface area contributed by atoms with E-state index in [4.69, 9.17) is 5.10 Å². The summed E-state index contributed by atoms with van der Waals surface area (Å²) in [5.41, 5.74) is 2.47.